The van der Waals surface area contributed by atoms with Crippen molar-refractivity contribution in [2.45, 2.75) is 62.4 Å². The molecule has 13 heteroatoms. The average molecular weight is 684 g/mol. The van der Waals surface area contributed by atoms with Crippen LogP contribution in [0.5, 0.6) is 0 Å². The predicted molar refractivity (Wildman–Crippen MR) is 181 cm³/mol. The van der Waals surface area contributed by atoms with Crippen LogP contribution in [0.3, 0.4) is 0 Å². The number of nitrogens with one attached hydrogen (secondary N) is 1. The number of rotatable bonds is 13. The third-order valence-corrected chi connectivity index (χ3v) is 9.08. The van der Waals surface area contributed by atoms with Gasteiger partial charge in [0.2, 0.25) is 0 Å². The molecule has 0 aliphatic carbocycles. The normalized spacial score (nSPS) is 20.5. The molecular formula is C36H37N5O7S. The van der Waals surface area contributed by atoms with Gasteiger partial charge in [0.05, 0.1) is 12.9 Å². The van der Waals surface area contributed by atoms with Crippen molar-refractivity contribution in [1.29, 1.82) is 0 Å². The van der Waals surface area contributed by atoms with Gasteiger partial charge in [-0.3, -0.25) is 9.69 Å². The molecule has 12 nitrogen and oxygen atoms in total. The number of fused-ring (bicyclic) bond motifs is 1. The van der Waals surface area contributed by atoms with E-state index < -0.39 is 42.7 Å². The van der Waals surface area contributed by atoms with Gasteiger partial charge in [-0.15, -0.1) is 11.8 Å². The van der Waals surface area contributed by atoms with E-state index in [1.165, 1.54) is 32.1 Å². The van der Waals surface area contributed by atoms with Gasteiger partial charge in [0.15, 0.2) is 18.0 Å². The first-order valence-corrected chi connectivity index (χ1v) is 16.8. The van der Waals surface area contributed by atoms with Crippen LogP contribution >= 0.6 is 11.8 Å². The summed E-state index contributed by atoms with van der Waals surface area (Å²) >= 11 is 1.39. The van der Waals surface area contributed by atoms with E-state index in [-0.39, 0.29) is 19.8 Å². The molecule has 1 aliphatic heterocycles. The third-order valence-electron chi connectivity index (χ3n) is 8.00. The van der Waals surface area contributed by atoms with Crippen LogP contribution in [0, 0.1) is 0 Å². The molecule has 0 unspecified atom stereocenters. The first-order chi connectivity index (χ1) is 24.0. The van der Waals surface area contributed by atoms with E-state index in [1.54, 1.807) is 11.2 Å². The molecular weight excluding hydrogens is 646 g/mol. The van der Waals surface area contributed by atoms with E-state index >= 15 is 0 Å². The van der Waals surface area contributed by atoms with Gasteiger partial charge in [0, 0.05) is 26.3 Å². The predicted octanol–water partition coefficient (Wildman–Crippen LogP) is 5.54. The van der Waals surface area contributed by atoms with E-state index in [2.05, 4.69) is 19.9 Å². The quantitative estimate of drug-likeness (QED) is 0.0951. The van der Waals surface area contributed by atoms with Crippen LogP contribution in [0.2, 0.25) is 0 Å². The number of methoxy groups -OCH3 is 1. The second kappa shape index (κ2) is 16.5. The number of H-pyrrole nitrogens is 1. The van der Waals surface area contributed by atoms with Gasteiger partial charge in [-0.2, -0.15) is 0 Å². The van der Waals surface area contributed by atoms with Crippen molar-refractivity contribution in [3.63, 3.8) is 0 Å². The Morgan fingerprint density at radius 1 is 0.857 bits per heavy atom. The van der Waals surface area contributed by atoms with Crippen molar-refractivity contribution >= 4 is 35.0 Å². The fourth-order valence-corrected chi connectivity index (χ4v) is 6.73. The maximum Gasteiger partial charge on any atom is 0.410 e. The first-order valence-electron chi connectivity index (χ1n) is 15.8. The van der Waals surface area contributed by atoms with Crippen molar-refractivity contribution in [3.05, 3.63) is 120 Å². The molecule has 3 heterocycles. The SMILES string of the molecule is CO[C@H]1O[C@H](CSc2ncnc3nc[nH]c23)[C@@H](OC(C)=O)[C@H](OCc2ccccc2)[C@H]1N(Cc1ccccc1)C(=O)OCc1ccccc1. The van der Waals surface area contributed by atoms with Crippen LogP contribution in [0.4, 0.5) is 4.79 Å². The van der Waals surface area contributed by atoms with Crippen molar-refractivity contribution in [1.82, 2.24) is 24.8 Å². The Morgan fingerprint density at radius 3 is 2.16 bits per heavy atom. The third kappa shape index (κ3) is 8.62. The van der Waals surface area contributed by atoms with E-state index in [0.29, 0.717) is 21.9 Å². The highest BCUT2D eigenvalue weighted by atomic mass is 32.2. The summed E-state index contributed by atoms with van der Waals surface area (Å²) in [6.07, 6.45) is -1.14. The minimum atomic E-state index is -0.983. The molecule has 3 aromatic carbocycles. The highest BCUT2D eigenvalue weighted by Crippen LogP contribution is 2.35. The molecule has 6 rings (SSSR count). The lowest BCUT2D eigenvalue weighted by Crippen LogP contribution is -2.66. The molecule has 1 aliphatic rings. The molecule has 1 fully saturated rings. The molecule has 5 atom stereocenters. The standard InChI is InChI=1S/C36H37N5O7S/c1-24(42)47-31-28(21-49-34-29-33(38-22-37-29)39-23-40-34)48-35(44-2)30(32(31)45-19-26-14-8-4-9-15-26)41(18-25-12-6-3-7-13-25)36(43)46-20-27-16-10-5-11-17-27/h3-17,22-23,28,30-32,35H,18-21H2,1-2H3,(H,37,38,39,40)/t28-,30-,31-,32-,35+/m1/s1. The number of hydrogen-bond donors (Lipinski definition) is 1. The van der Waals surface area contributed by atoms with Gasteiger partial charge in [-0.25, -0.2) is 19.7 Å². The minimum Gasteiger partial charge on any atom is -0.457 e. The van der Waals surface area contributed by atoms with Crippen molar-refractivity contribution in [2.75, 3.05) is 12.9 Å². The number of imidazole rings is 1. The van der Waals surface area contributed by atoms with Crippen LogP contribution in [0.25, 0.3) is 11.2 Å². The molecule has 0 saturated carbocycles. The second-order valence-electron chi connectivity index (χ2n) is 11.3. The number of benzene rings is 3. The fraction of sp³-hybridized carbons (Fsp3) is 0.306. The Labute approximate surface area is 288 Å². The van der Waals surface area contributed by atoms with Gasteiger partial charge in [0.25, 0.3) is 0 Å². The number of hydrogen-bond acceptors (Lipinski definition) is 11. The number of amides is 1. The maximum absolute atomic E-state index is 14.1. The van der Waals surface area contributed by atoms with Gasteiger partial charge < -0.3 is 28.7 Å². The Kier molecular flexibility index (Phi) is 11.5. The zero-order valence-electron chi connectivity index (χ0n) is 27.1. The number of ether oxygens (including phenoxy) is 5. The summed E-state index contributed by atoms with van der Waals surface area (Å²) in [5, 5.41) is 0.653. The van der Waals surface area contributed by atoms with Crippen LogP contribution in [-0.2, 0) is 48.2 Å². The monoisotopic (exact) mass is 683 g/mol. The Morgan fingerprint density at radius 2 is 1.51 bits per heavy atom. The summed E-state index contributed by atoms with van der Waals surface area (Å²) in [6, 6.07) is 27.7. The summed E-state index contributed by atoms with van der Waals surface area (Å²) in [4.78, 5) is 44.3. The van der Waals surface area contributed by atoms with E-state index in [9.17, 15) is 9.59 Å². The average Bonchev–Trinajstić information content (AvgIpc) is 3.63. The van der Waals surface area contributed by atoms with Gasteiger partial charge in [-0.05, 0) is 16.7 Å². The maximum atomic E-state index is 14.1. The molecule has 0 bridgehead atoms. The summed E-state index contributed by atoms with van der Waals surface area (Å²) in [5.41, 5.74) is 3.80. The number of esters is 1. The summed E-state index contributed by atoms with van der Waals surface area (Å²) in [5.74, 6) is -0.219. The number of carbonyl (C=O) groups is 2. The van der Waals surface area contributed by atoms with Crippen molar-refractivity contribution in [3.8, 4) is 0 Å². The van der Waals surface area contributed by atoms with Crippen LogP contribution < -0.4 is 0 Å². The molecule has 1 N–H and O–H groups in total. The van der Waals surface area contributed by atoms with Crippen LogP contribution in [-0.4, -0.2) is 80.4 Å². The minimum absolute atomic E-state index is 0.0549. The zero-order chi connectivity index (χ0) is 34.0. The fourth-order valence-electron chi connectivity index (χ4n) is 5.73. The summed E-state index contributed by atoms with van der Waals surface area (Å²) in [7, 11) is 1.51. The number of aromatic amines is 1. The largest absolute Gasteiger partial charge is 0.457 e. The number of aromatic nitrogens is 4. The topological polar surface area (TPSA) is 138 Å². The number of carbonyl (C=O) groups excluding carboxylic acids is 2. The molecule has 2 aromatic heterocycles. The van der Waals surface area contributed by atoms with Gasteiger partial charge in [-0.1, -0.05) is 91.0 Å². The van der Waals surface area contributed by atoms with Crippen LogP contribution in [0.15, 0.2) is 109 Å². The highest BCUT2D eigenvalue weighted by Gasteiger charge is 2.52. The second-order valence-corrected chi connectivity index (χ2v) is 12.4. The lowest BCUT2D eigenvalue weighted by atomic mass is 9.95. The van der Waals surface area contributed by atoms with E-state index in [0.717, 1.165) is 16.7 Å². The zero-order valence-corrected chi connectivity index (χ0v) is 27.9. The lowest BCUT2D eigenvalue weighted by molar-refractivity contribution is -0.280. The molecule has 0 spiro atoms. The van der Waals surface area contributed by atoms with Crippen molar-refractivity contribution in [2.24, 2.45) is 0 Å². The van der Waals surface area contributed by atoms with E-state index in [4.69, 9.17) is 23.7 Å². The Bertz CT molecular complexity index is 1800. The van der Waals surface area contributed by atoms with Gasteiger partial charge in [0.1, 0.15) is 41.7 Å². The first kappa shape index (κ1) is 34.1. The van der Waals surface area contributed by atoms with Crippen molar-refractivity contribution < 1.29 is 33.3 Å². The number of thioether (sulfide) groups is 1. The molecule has 254 valence electrons. The Hall–Kier alpha value is -4.82. The smallest absolute Gasteiger partial charge is 0.410 e. The van der Waals surface area contributed by atoms with Gasteiger partial charge >= 0.3 is 12.1 Å². The molecule has 1 amide bonds. The molecule has 0 radical (unpaired) electrons. The summed E-state index contributed by atoms with van der Waals surface area (Å²) < 4.78 is 31.1. The molecule has 1 saturated heterocycles. The highest BCUT2D eigenvalue weighted by molar-refractivity contribution is 7.99. The molecule has 49 heavy (non-hydrogen) atoms. The summed E-state index contributed by atoms with van der Waals surface area (Å²) in [6.45, 7) is 1.72. The van der Waals surface area contributed by atoms with Crippen LogP contribution in [0.1, 0.15) is 23.6 Å². The number of nitrogens with zero attached hydrogens (tertiary/aromatic N) is 4. The molecule has 5 aromatic rings. The lowest BCUT2D eigenvalue weighted by Gasteiger charge is -2.48. The van der Waals surface area contributed by atoms with E-state index in [1.807, 2.05) is 91.0 Å². The Balaban J connectivity index is 1.35.